The van der Waals surface area contributed by atoms with Crippen LogP contribution in [0.3, 0.4) is 0 Å². The first-order valence-electron chi connectivity index (χ1n) is 5.35. The molecule has 0 bridgehead atoms. The quantitative estimate of drug-likeness (QED) is 0.648. The summed E-state index contributed by atoms with van der Waals surface area (Å²) in [4.78, 5) is 11.6. The summed E-state index contributed by atoms with van der Waals surface area (Å²) in [6.45, 7) is 5.43. The molecule has 1 aromatic rings. The third kappa shape index (κ3) is 3.88. The molecule has 0 saturated heterocycles. The van der Waals surface area contributed by atoms with Gasteiger partial charge in [0.15, 0.2) is 0 Å². The lowest BCUT2D eigenvalue weighted by molar-refractivity contribution is -0.147. The number of nitrogens with two attached hydrogens (primary N) is 1. The van der Waals surface area contributed by atoms with Gasteiger partial charge in [0, 0.05) is 11.1 Å². The molecule has 0 aliphatic heterocycles. The zero-order valence-corrected chi connectivity index (χ0v) is 10.5. The molecule has 2 atom stereocenters. The Morgan fingerprint density at radius 3 is 2.65 bits per heavy atom. The fraction of sp³-hybridized carbons (Fsp3) is 0.308. The predicted molar refractivity (Wildman–Crippen MR) is 68.7 cm³/mol. The Bertz CT molecular complexity index is 389. The number of benzene rings is 1. The first-order valence-corrected chi connectivity index (χ1v) is 5.72. The van der Waals surface area contributed by atoms with Crippen molar-refractivity contribution in [2.24, 2.45) is 11.7 Å². The second-order valence-corrected chi connectivity index (χ2v) is 4.22. The van der Waals surface area contributed by atoms with Gasteiger partial charge in [-0.05, 0) is 17.7 Å². The maximum atomic E-state index is 11.6. The second kappa shape index (κ2) is 6.42. The smallest absolute Gasteiger partial charge is 0.310 e. The number of ether oxygens (including phenoxy) is 1. The van der Waals surface area contributed by atoms with Gasteiger partial charge in [-0.1, -0.05) is 43.3 Å². The number of esters is 1. The van der Waals surface area contributed by atoms with Crippen LogP contribution < -0.4 is 5.73 Å². The van der Waals surface area contributed by atoms with Gasteiger partial charge in [0.1, 0.15) is 6.61 Å². The van der Waals surface area contributed by atoms with Crippen LogP contribution in [0, 0.1) is 5.92 Å². The van der Waals surface area contributed by atoms with E-state index in [1.54, 1.807) is 19.1 Å². The molecule has 0 spiro atoms. The molecule has 0 aliphatic carbocycles. The molecule has 0 saturated carbocycles. The van der Waals surface area contributed by atoms with Gasteiger partial charge in [0.05, 0.1) is 5.92 Å². The molecule has 1 rings (SSSR count). The number of rotatable bonds is 5. The third-order valence-corrected chi connectivity index (χ3v) is 2.76. The average Bonchev–Trinajstić information content (AvgIpc) is 2.35. The third-order valence-electron chi connectivity index (χ3n) is 2.51. The van der Waals surface area contributed by atoms with Crippen LogP contribution in [-0.4, -0.2) is 12.6 Å². The number of halogens is 1. The number of carbonyl (C=O) groups excluding carboxylic acids is 1. The minimum absolute atomic E-state index is 0.205. The van der Waals surface area contributed by atoms with Crippen molar-refractivity contribution in [2.75, 3.05) is 6.61 Å². The summed E-state index contributed by atoms with van der Waals surface area (Å²) in [7, 11) is 0. The van der Waals surface area contributed by atoms with Gasteiger partial charge in [-0.2, -0.15) is 0 Å². The van der Waals surface area contributed by atoms with Gasteiger partial charge in [-0.25, -0.2) is 0 Å². The number of carbonyl (C=O) groups is 1. The summed E-state index contributed by atoms with van der Waals surface area (Å²) >= 11 is 5.78. The van der Waals surface area contributed by atoms with Crippen molar-refractivity contribution in [1.82, 2.24) is 0 Å². The lowest BCUT2D eigenvalue weighted by atomic mass is 9.95. The fourth-order valence-electron chi connectivity index (χ4n) is 1.39. The number of hydrogen-bond donors (Lipinski definition) is 1. The summed E-state index contributed by atoms with van der Waals surface area (Å²) in [6.07, 6.45) is 1.53. The topological polar surface area (TPSA) is 52.3 Å². The van der Waals surface area contributed by atoms with E-state index in [1.165, 1.54) is 6.08 Å². The van der Waals surface area contributed by atoms with Gasteiger partial charge in [0.25, 0.3) is 0 Å². The maximum Gasteiger partial charge on any atom is 0.310 e. The van der Waals surface area contributed by atoms with Crippen molar-refractivity contribution >= 4 is 17.6 Å². The zero-order chi connectivity index (χ0) is 12.8. The highest BCUT2D eigenvalue weighted by Gasteiger charge is 2.23. The Kier molecular flexibility index (Phi) is 5.19. The predicted octanol–water partition coefficient (Wildman–Crippen LogP) is 2.71. The highest BCUT2D eigenvalue weighted by molar-refractivity contribution is 6.30. The van der Waals surface area contributed by atoms with Gasteiger partial charge in [0.2, 0.25) is 0 Å². The van der Waals surface area contributed by atoms with E-state index in [-0.39, 0.29) is 12.6 Å². The van der Waals surface area contributed by atoms with E-state index >= 15 is 0 Å². The Morgan fingerprint density at radius 1 is 1.53 bits per heavy atom. The molecule has 0 aliphatic rings. The molecule has 0 aromatic heterocycles. The van der Waals surface area contributed by atoms with Gasteiger partial charge in [-0.15, -0.1) is 0 Å². The molecule has 3 nitrogen and oxygen atoms in total. The van der Waals surface area contributed by atoms with Crippen LogP contribution in [-0.2, 0) is 9.53 Å². The summed E-state index contributed by atoms with van der Waals surface area (Å²) < 4.78 is 4.96. The molecule has 0 heterocycles. The van der Waals surface area contributed by atoms with E-state index in [0.29, 0.717) is 5.02 Å². The first-order chi connectivity index (χ1) is 8.06. The van der Waals surface area contributed by atoms with E-state index in [1.807, 2.05) is 12.1 Å². The Morgan fingerprint density at radius 2 is 2.12 bits per heavy atom. The number of hydrogen-bond acceptors (Lipinski definition) is 3. The summed E-state index contributed by atoms with van der Waals surface area (Å²) in [5, 5.41) is 0.642. The van der Waals surface area contributed by atoms with Crippen molar-refractivity contribution in [3.63, 3.8) is 0 Å². The van der Waals surface area contributed by atoms with Crippen LogP contribution >= 0.6 is 11.6 Å². The second-order valence-electron chi connectivity index (χ2n) is 3.78. The van der Waals surface area contributed by atoms with Gasteiger partial charge < -0.3 is 10.5 Å². The summed E-state index contributed by atoms with van der Waals surface area (Å²) in [5.41, 5.74) is 6.85. The molecule has 4 heteroatoms. The zero-order valence-electron chi connectivity index (χ0n) is 9.73. The van der Waals surface area contributed by atoms with E-state index in [4.69, 9.17) is 22.1 Å². The Labute approximate surface area is 106 Å². The Hall–Kier alpha value is -1.32. The molecule has 2 N–H and O–H groups in total. The van der Waals surface area contributed by atoms with Crippen LogP contribution in [0.4, 0.5) is 0 Å². The lowest BCUT2D eigenvalue weighted by Crippen LogP contribution is -2.27. The van der Waals surface area contributed by atoms with Crippen LogP contribution in [0.25, 0.3) is 0 Å². The highest BCUT2D eigenvalue weighted by atomic mass is 35.5. The minimum atomic E-state index is -0.406. The molecule has 92 valence electrons. The lowest BCUT2D eigenvalue weighted by Gasteiger charge is -2.18. The van der Waals surface area contributed by atoms with Crippen LogP contribution in [0.1, 0.15) is 18.5 Å². The molecule has 0 amide bonds. The van der Waals surface area contributed by atoms with E-state index in [2.05, 4.69) is 6.58 Å². The summed E-state index contributed by atoms with van der Waals surface area (Å²) in [5.74, 6) is -0.733. The SMILES string of the molecule is C=CCOC(=O)[C@@H](C)[C@H](N)c1ccc(Cl)cc1. The molecule has 0 radical (unpaired) electrons. The van der Waals surface area contributed by atoms with E-state index < -0.39 is 12.0 Å². The molecular weight excluding hydrogens is 238 g/mol. The van der Waals surface area contributed by atoms with E-state index in [0.717, 1.165) is 5.56 Å². The van der Waals surface area contributed by atoms with Crippen LogP contribution in [0.5, 0.6) is 0 Å². The van der Waals surface area contributed by atoms with Gasteiger partial charge in [-0.3, -0.25) is 4.79 Å². The monoisotopic (exact) mass is 253 g/mol. The molecule has 17 heavy (non-hydrogen) atoms. The summed E-state index contributed by atoms with van der Waals surface area (Å²) in [6, 6.07) is 6.72. The largest absolute Gasteiger partial charge is 0.461 e. The molecule has 0 unspecified atom stereocenters. The average molecular weight is 254 g/mol. The highest BCUT2D eigenvalue weighted by Crippen LogP contribution is 2.22. The maximum absolute atomic E-state index is 11.6. The molecule has 0 fully saturated rings. The van der Waals surface area contributed by atoms with Crippen LogP contribution in [0.15, 0.2) is 36.9 Å². The molecule has 1 aromatic carbocycles. The van der Waals surface area contributed by atoms with Crippen molar-refractivity contribution in [2.45, 2.75) is 13.0 Å². The van der Waals surface area contributed by atoms with Crippen molar-refractivity contribution in [3.8, 4) is 0 Å². The first kappa shape index (κ1) is 13.7. The van der Waals surface area contributed by atoms with Crippen molar-refractivity contribution in [1.29, 1.82) is 0 Å². The Balaban J connectivity index is 2.68. The standard InChI is InChI=1S/C13H16ClNO2/c1-3-8-17-13(16)9(2)12(15)10-4-6-11(14)7-5-10/h3-7,9,12H,1,8,15H2,2H3/t9-,12-/m0/s1. The van der Waals surface area contributed by atoms with Crippen molar-refractivity contribution < 1.29 is 9.53 Å². The fourth-order valence-corrected chi connectivity index (χ4v) is 1.52. The van der Waals surface area contributed by atoms with Gasteiger partial charge >= 0.3 is 5.97 Å². The normalized spacial score (nSPS) is 13.8. The van der Waals surface area contributed by atoms with Crippen LogP contribution in [0.2, 0.25) is 5.02 Å². The van der Waals surface area contributed by atoms with E-state index in [9.17, 15) is 4.79 Å². The molecular formula is C13H16ClNO2. The minimum Gasteiger partial charge on any atom is -0.461 e. The van der Waals surface area contributed by atoms with Crippen molar-refractivity contribution in [3.05, 3.63) is 47.5 Å².